The number of hydrogen-bond acceptors (Lipinski definition) is 6. The van der Waals surface area contributed by atoms with Crippen LogP contribution in [0.1, 0.15) is 5.56 Å². The maximum absolute atomic E-state index is 13.3. The number of nitrogens with one attached hydrogen (secondary N) is 1. The average Bonchev–Trinajstić information content (AvgIpc) is 3.15. The predicted molar refractivity (Wildman–Crippen MR) is 114 cm³/mol. The molecule has 4 aromatic rings. The minimum Gasteiger partial charge on any atom is -0.495 e. The van der Waals surface area contributed by atoms with Gasteiger partial charge in [-0.3, -0.25) is 4.72 Å². The molecule has 0 amide bonds. The summed E-state index contributed by atoms with van der Waals surface area (Å²) in [6, 6.07) is 17.5. The zero-order chi connectivity index (χ0) is 21.1. The number of ether oxygens (including phenoxy) is 1. The molecule has 9 heteroatoms. The lowest BCUT2D eigenvalue weighted by Crippen LogP contribution is -2.13. The van der Waals surface area contributed by atoms with Crippen LogP contribution in [-0.4, -0.2) is 20.5 Å². The highest BCUT2D eigenvalue weighted by Gasteiger charge is 2.18. The average molecular weight is 445 g/mol. The van der Waals surface area contributed by atoms with Crippen LogP contribution in [0.2, 0.25) is 0 Å². The maximum atomic E-state index is 13.3. The number of para-hydroxylation sites is 2. The third kappa shape index (κ3) is 4.42. The normalized spacial score (nSPS) is 11.5. The van der Waals surface area contributed by atoms with Gasteiger partial charge in [-0.15, -0.1) is 0 Å². The molecule has 1 N–H and O–H groups in total. The van der Waals surface area contributed by atoms with Crippen LogP contribution < -0.4 is 9.46 Å². The summed E-state index contributed by atoms with van der Waals surface area (Å²) in [7, 11) is -2.38. The molecule has 0 aliphatic carbocycles. The second-order valence-electron chi connectivity index (χ2n) is 6.33. The summed E-state index contributed by atoms with van der Waals surface area (Å²) >= 11 is 1.30. The molecule has 0 fully saturated rings. The van der Waals surface area contributed by atoms with E-state index < -0.39 is 10.0 Å². The van der Waals surface area contributed by atoms with E-state index in [4.69, 9.17) is 9.15 Å². The third-order valence-corrected chi connectivity index (χ3v) is 6.51. The molecule has 0 bridgehead atoms. The number of aromatic nitrogens is 1. The number of halogens is 1. The molecule has 1 aromatic heterocycles. The summed E-state index contributed by atoms with van der Waals surface area (Å²) in [6.45, 7) is 0. The molecule has 3 aromatic carbocycles. The highest BCUT2D eigenvalue weighted by atomic mass is 32.2. The number of thioether (sulfide) groups is 1. The number of oxazole rings is 1. The first-order chi connectivity index (χ1) is 14.4. The van der Waals surface area contributed by atoms with Crippen molar-refractivity contribution in [2.75, 3.05) is 11.8 Å². The fourth-order valence-corrected chi connectivity index (χ4v) is 4.69. The first-order valence-corrected chi connectivity index (χ1v) is 11.4. The number of anilines is 1. The maximum Gasteiger partial charge on any atom is 0.262 e. The standard InChI is InChI=1S/C21H17FN2O4S2/c1-27-19-8-3-2-7-17(19)24-30(25,26)16-9-10-20-18(12-16)23-21(28-20)29-13-14-5-4-6-15(22)11-14/h2-12,24H,13H2,1H3. The minimum atomic E-state index is -3.85. The van der Waals surface area contributed by atoms with Crippen molar-refractivity contribution in [2.24, 2.45) is 0 Å². The molecule has 6 nitrogen and oxygen atoms in total. The van der Waals surface area contributed by atoms with Crippen molar-refractivity contribution in [3.05, 3.63) is 78.1 Å². The number of sulfonamides is 1. The van der Waals surface area contributed by atoms with Gasteiger partial charge < -0.3 is 9.15 Å². The summed E-state index contributed by atoms with van der Waals surface area (Å²) in [5.74, 6) is 0.591. The van der Waals surface area contributed by atoms with Gasteiger partial charge >= 0.3 is 0 Å². The van der Waals surface area contributed by atoms with Gasteiger partial charge in [0.1, 0.15) is 17.1 Å². The van der Waals surface area contributed by atoms with E-state index in [9.17, 15) is 12.8 Å². The Kier molecular flexibility index (Phi) is 5.65. The molecule has 30 heavy (non-hydrogen) atoms. The number of hydrogen-bond donors (Lipinski definition) is 1. The van der Waals surface area contributed by atoms with E-state index >= 15 is 0 Å². The zero-order valence-electron chi connectivity index (χ0n) is 15.8. The second-order valence-corrected chi connectivity index (χ2v) is 8.94. The Labute approximate surface area is 177 Å². The van der Waals surface area contributed by atoms with Gasteiger partial charge in [0.25, 0.3) is 15.2 Å². The molecular weight excluding hydrogens is 427 g/mol. The number of benzene rings is 3. The van der Waals surface area contributed by atoms with Crippen LogP contribution in [0.4, 0.5) is 10.1 Å². The lowest BCUT2D eigenvalue weighted by Gasteiger charge is -2.11. The number of methoxy groups -OCH3 is 1. The van der Waals surface area contributed by atoms with Gasteiger partial charge in [-0.2, -0.15) is 0 Å². The number of nitrogens with zero attached hydrogens (tertiary/aromatic N) is 1. The number of fused-ring (bicyclic) bond motifs is 1. The Hall–Kier alpha value is -3.04. The Bertz CT molecular complexity index is 1310. The molecule has 154 valence electrons. The Morgan fingerprint density at radius 1 is 1.10 bits per heavy atom. The molecule has 4 rings (SSSR count). The SMILES string of the molecule is COc1ccccc1NS(=O)(=O)c1ccc2oc(SCc3cccc(F)c3)nc2c1. The van der Waals surface area contributed by atoms with Crippen molar-refractivity contribution >= 4 is 38.6 Å². The largest absolute Gasteiger partial charge is 0.495 e. The fraction of sp³-hybridized carbons (Fsp3) is 0.0952. The Balaban J connectivity index is 1.55. The first kappa shape index (κ1) is 20.2. The van der Waals surface area contributed by atoms with E-state index in [0.29, 0.717) is 33.5 Å². The highest BCUT2D eigenvalue weighted by molar-refractivity contribution is 7.98. The van der Waals surface area contributed by atoms with Crippen molar-refractivity contribution in [1.29, 1.82) is 0 Å². The smallest absolute Gasteiger partial charge is 0.262 e. The molecule has 1 heterocycles. The molecule has 0 atom stereocenters. The van der Waals surface area contributed by atoms with Crippen LogP contribution in [-0.2, 0) is 15.8 Å². The molecule has 0 spiro atoms. The Morgan fingerprint density at radius 2 is 1.93 bits per heavy atom. The van der Waals surface area contributed by atoms with Gasteiger partial charge in [-0.25, -0.2) is 17.8 Å². The zero-order valence-corrected chi connectivity index (χ0v) is 17.5. The van der Waals surface area contributed by atoms with E-state index in [-0.39, 0.29) is 10.7 Å². The lowest BCUT2D eigenvalue weighted by atomic mass is 10.2. The van der Waals surface area contributed by atoms with E-state index in [2.05, 4.69) is 9.71 Å². The summed E-state index contributed by atoms with van der Waals surface area (Å²) < 4.78 is 52.3. The third-order valence-electron chi connectivity index (χ3n) is 4.25. The van der Waals surface area contributed by atoms with Gasteiger partial charge in [0.2, 0.25) is 0 Å². The van der Waals surface area contributed by atoms with Gasteiger partial charge in [0.15, 0.2) is 5.58 Å². The van der Waals surface area contributed by atoms with Crippen molar-refractivity contribution in [1.82, 2.24) is 4.98 Å². The summed E-state index contributed by atoms with van der Waals surface area (Å²) in [5.41, 5.74) is 2.02. The molecule has 0 aliphatic heterocycles. The Morgan fingerprint density at radius 3 is 2.73 bits per heavy atom. The quantitative estimate of drug-likeness (QED) is 0.401. The van der Waals surface area contributed by atoms with Crippen LogP contribution in [0.25, 0.3) is 11.1 Å². The van der Waals surface area contributed by atoms with Crippen LogP contribution in [0.15, 0.2) is 81.3 Å². The number of rotatable bonds is 7. The highest BCUT2D eigenvalue weighted by Crippen LogP contribution is 2.30. The van der Waals surface area contributed by atoms with E-state index in [0.717, 1.165) is 5.56 Å². The molecule has 0 radical (unpaired) electrons. The van der Waals surface area contributed by atoms with E-state index in [1.807, 2.05) is 6.07 Å². The molecule has 0 unspecified atom stereocenters. The van der Waals surface area contributed by atoms with Crippen molar-refractivity contribution in [3.8, 4) is 5.75 Å². The minimum absolute atomic E-state index is 0.0517. The predicted octanol–water partition coefficient (Wildman–Crippen LogP) is 5.07. The summed E-state index contributed by atoms with van der Waals surface area (Å²) in [6.07, 6.45) is 0. The molecular formula is C21H17FN2O4S2. The van der Waals surface area contributed by atoms with Crippen LogP contribution in [0, 0.1) is 5.82 Å². The van der Waals surface area contributed by atoms with Crippen molar-refractivity contribution < 1.29 is 22.0 Å². The fourth-order valence-electron chi connectivity index (χ4n) is 2.82. The van der Waals surface area contributed by atoms with E-state index in [1.165, 1.54) is 43.1 Å². The molecule has 0 saturated heterocycles. The monoisotopic (exact) mass is 444 g/mol. The van der Waals surface area contributed by atoms with Gasteiger partial charge in [0, 0.05) is 5.75 Å². The van der Waals surface area contributed by atoms with E-state index in [1.54, 1.807) is 36.4 Å². The summed E-state index contributed by atoms with van der Waals surface area (Å²) in [5, 5.41) is 0.376. The van der Waals surface area contributed by atoms with Crippen molar-refractivity contribution in [3.63, 3.8) is 0 Å². The summed E-state index contributed by atoms with van der Waals surface area (Å²) in [4.78, 5) is 4.40. The van der Waals surface area contributed by atoms with Crippen molar-refractivity contribution in [2.45, 2.75) is 15.9 Å². The molecule has 0 saturated carbocycles. The van der Waals surface area contributed by atoms with Crippen LogP contribution in [0.3, 0.4) is 0 Å². The second kappa shape index (κ2) is 8.37. The first-order valence-electron chi connectivity index (χ1n) is 8.88. The van der Waals surface area contributed by atoms with Crippen LogP contribution in [0.5, 0.6) is 5.75 Å². The topological polar surface area (TPSA) is 81.4 Å². The lowest BCUT2D eigenvalue weighted by molar-refractivity contribution is 0.417. The van der Waals surface area contributed by atoms with Gasteiger partial charge in [0.05, 0.1) is 17.7 Å². The molecule has 0 aliphatic rings. The van der Waals surface area contributed by atoms with Gasteiger partial charge in [-0.1, -0.05) is 36.0 Å². The van der Waals surface area contributed by atoms with Crippen LogP contribution >= 0.6 is 11.8 Å². The van der Waals surface area contributed by atoms with Gasteiger partial charge in [-0.05, 0) is 48.0 Å².